The van der Waals surface area contributed by atoms with Crippen molar-refractivity contribution in [2.75, 3.05) is 4.90 Å². The molecule has 0 bridgehead atoms. The van der Waals surface area contributed by atoms with E-state index in [-0.39, 0.29) is 11.8 Å². The summed E-state index contributed by atoms with van der Waals surface area (Å²) in [6, 6.07) is 84.0. The van der Waals surface area contributed by atoms with Gasteiger partial charge < -0.3 is 4.57 Å². The summed E-state index contributed by atoms with van der Waals surface area (Å²) < 4.78 is 2.23. The van der Waals surface area contributed by atoms with Crippen LogP contribution in [0.25, 0.3) is 88.7 Å². The van der Waals surface area contributed by atoms with Crippen LogP contribution in [-0.2, 0) is 0 Å². The fraction of sp³-hybridized carbons (Fsp3) is 0.0154. The van der Waals surface area contributed by atoms with Crippen molar-refractivity contribution in [3.63, 3.8) is 0 Å². The summed E-state index contributed by atoms with van der Waals surface area (Å²) >= 11 is 0. The number of anilines is 1. The number of carbonyl (C=O) groups excluding carboxylic acids is 2. The van der Waals surface area contributed by atoms with Crippen LogP contribution in [0, 0.1) is 0 Å². The first-order chi connectivity index (χ1) is 34.0. The molecule has 1 aliphatic rings. The first-order valence-electron chi connectivity index (χ1n) is 23.2. The highest BCUT2D eigenvalue weighted by molar-refractivity contribution is 6.37. The van der Waals surface area contributed by atoms with Crippen molar-refractivity contribution in [2.45, 2.75) is 6.92 Å². The Morgan fingerprint density at radius 3 is 1.16 bits per heavy atom. The molecule has 4 heteroatoms. The largest absolute Gasteiger partial charge is 0.307 e. The molecule has 10 aromatic carbocycles. The minimum atomic E-state index is -0.364. The van der Waals surface area contributed by atoms with Crippen LogP contribution in [-0.4, -0.2) is 16.4 Å². The Morgan fingerprint density at radius 2 is 0.739 bits per heavy atom. The molecule has 0 fully saturated rings. The first kappa shape index (κ1) is 42.5. The van der Waals surface area contributed by atoms with Crippen molar-refractivity contribution < 1.29 is 9.59 Å². The number of fused-ring (bicyclic) bond motifs is 4. The van der Waals surface area contributed by atoms with Crippen LogP contribution in [0.4, 0.5) is 5.69 Å². The summed E-state index contributed by atoms with van der Waals surface area (Å²) in [4.78, 5) is 32.4. The van der Waals surface area contributed by atoms with E-state index in [1.807, 2.05) is 128 Å². The third-order valence-electron chi connectivity index (χ3n) is 13.0. The normalized spacial score (nSPS) is 11.9. The summed E-state index contributed by atoms with van der Waals surface area (Å²) in [6.45, 7) is 5.83. The van der Waals surface area contributed by atoms with Crippen molar-refractivity contribution in [3.05, 3.63) is 272 Å². The van der Waals surface area contributed by atoms with Gasteiger partial charge in [0.15, 0.2) is 0 Å². The monoisotopic (exact) mass is 886 g/mol. The van der Waals surface area contributed by atoms with Crippen LogP contribution >= 0.6 is 0 Å². The Labute approximate surface area is 402 Å². The van der Waals surface area contributed by atoms with Gasteiger partial charge in [0, 0.05) is 33.0 Å². The number of nitrogens with zero attached hydrogens (tertiary/aromatic N) is 2. The second-order valence-electron chi connectivity index (χ2n) is 17.3. The lowest BCUT2D eigenvalue weighted by atomic mass is 9.90. The minimum absolute atomic E-state index is 0.356. The lowest BCUT2D eigenvalue weighted by molar-refractivity contribution is 0.0926. The summed E-state index contributed by atoms with van der Waals surface area (Å²) in [6.07, 6.45) is 0. The molecule has 2 amide bonds. The van der Waals surface area contributed by atoms with Gasteiger partial charge in [0.25, 0.3) is 11.8 Å². The Balaban J connectivity index is 0.000000522. The molecule has 2 heterocycles. The molecule has 0 saturated carbocycles. The van der Waals surface area contributed by atoms with E-state index < -0.39 is 0 Å². The van der Waals surface area contributed by atoms with Gasteiger partial charge in [-0.1, -0.05) is 237 Å². The van der Waals surface area contributed by atoms with Crippen molar-refractivity contribution in [2.24, 2.45) is 0 Å². The predicted octanol–water partition coefficient (Wildman–Crippen LogP) is 16.6. The zero-order valence-corrected chi connectivity index (χ0v) is 38.1. The number of para-hydroxylation sites is 2. The molecule has 69 heavy (non-hydrogen) atoms. The number of aromatic nitrogens is 1. The van der Waals surface area contributed by atoms with Crippen molar-refractivity contribution in [1.82, 2.24) is 4.57 Å². The number of imide groups is 1. The molecule has 0 spiro atoms. The maximum absolute atomic E-state index is 15.7. The van der Waals surface area contributed by atoms with E-state index in [4.69, 9.17) is 0 Å². The molecule has 1 aliphatic heterocycles. The number of amides is 2. The highest BCUT2D eigenvalue weighted by Crippen LogP contribution is 2.48. The molecular weight excluding hydrogens is 841 g/mol. The van der Waals surface area contributed by atoms with Crippen LogP contribution < -0.4 is 4.90 Å². The van der Waals surface area contributed by atoms with Crippen LogP contribution in [0.2, 0.25) is 0 Å². The molecule has 4 nitrogen and oxygen atoms in total. The number of hydrogen-bond donors (Lipinski definition) is 0. The van der Waals surface area contributed by atoms with E-state index in [0.717, 1.165) is 83.0 Å². The molecule has 0 atom stereocenters. The maximum atomic E-state index is 15.7. The van der Waals surface area contributed by atoms with E-state index in [1.54, 1.807) is 6.07 Å². The number of allylic oxidation sites excluding steroid dienone is 1. The average Bonchev–Trinajstić information content (AvgIpc) is 3.90. The smallest absolute Gasteiger partial charge is 0.268 e. The maximum Gasteiger partial charge on any atom is 0.268 e. The molecule has 12 rings (SSSR count). The van der Waals surface area contributed by atoms with Crippen molar-refractivity contribution in [1.29, 1.82) is 0 Å². The van der Waals surface area contributed by atoms with E-state index in [1.165, 1.54) is 10.5 Å². The van der Waals surface area contributed by atoms with Gasteiger partial charge in [-0.25, -0.2) is 4.90 Å². The zero-order chi connectivity index (χ0) is 46.8. The summed E-state index contributed by atoms with van der Waals surface area (Å²) in [7, 11) is 0. The molecule has 0 unspecified atom stereocenters. The van der Waals surface area contributed by atoms with Crippen molar-refractivity contribution in [3.8, 4) is 61.3 Å². The van der Waals surface area contributed by atoms with E-state index in [0.29, 0.717) is 22.5 Å². The Bertz CT molecular complexity index is 3540. The zero-order valence-electron chi connectivity index (χ0n) is 38.1. The predicted molar refractivity (Wildman–Crippen MR) is 287 cm³/mol. The molecular formula is C65H46N2O2. The SMILES string of the molecule is C=C(C)c1ccccc1.O=C1c2cccc(-n3c4c(-c5ccccc5)cccc4c4cccc(-c5ccccc5)c43)c2C(=O)N1c1c(-c2ccccc2)cc(-c2ccccc2)cc1-c1ccccc1. The number of carbonyl (C=O) groups is 2. The summed E-state index contributed by atoms with van der Waals surface area (Å²) in [5, 5.41) is 2.12. The lowest BCUT2D eigenvalue weighted by Gasteiger charge is -2.24. The molecule has 11 aromatic rings. The van der Waals surface area contributed by atoms with Gasteiger partial charge in [-0.3, -0.25) is 9.59 Å². The third kappa shape index (κ3) is 7.74. The molecule has 0 radical (unpaired) electrons. The highest BCUT2D eigenvalue weighted by atomic mass is 16.2. The van der Waals surface area contributed by atoms with E-state index in [9.17, 15) is 0 Å². The quantitative estimate of drug-likeness (QED) is 0.143. The second kappa shape index (κ2) is 18.3. The van der Waals surface area contributed by atoms with Gasteiger partial charge in [-0.05, 0) is 70.1 Å². The molecule has 328 valence electrons. The van der Waals surface area contributed by atoms with E-state index >= 15 is 9.59 Å². The molecule has 0 N–H and O–H groups in total. The summed E-state index contributed by atoms with van der Waals surface area (Å²) in [5.74, 6) is -0.720. The van der Waals surface area contributed by atoms with Gasteiger partial charge in [-0.2, -0.15) is 0 Å². The van der Waals surface area contributed by atoms with Crippen LogP contribution in [0.15, 0.2) is 255 Å². The van der Waals surface area contributed by atoms with Gasteiger partial charge in [0.05, 0.1) is 33.5 Å². The van der Waals surface area contributed by atoms with Gasteiger partial charge in [0.2, 0.25) is 0 Å². The van der Waals surface area contributed by atoms with E-state index in [2.05, 4.69) is 132 Å². The Hall–Kier alpha value is -9.12. The molecule has 0 aliphatic carbocycles. The van der Waals surface area contributed by atoms with Crippen molar-refractivity contribution >= 4 is 44.9 Å². The number of benzene rings is 10. The van der Waals surface area contributed by atoms with Gasteiger partial charge >= 0.3 is 0 Å². The lowest BCUT2D eigenvalue weighted by Crippen LogP contribution is -2.30. The van der Waals surface area contributed by atoms with Gasteiger partial charge in [0.1, 0.15) is 0 Å². The fourth-order valence-corrected chi connectivity index (χ4v) is 9.79. The number of rotatable bonds is 8. The summed E-state index contributed by atoms with van der Waals surface area (Å²) in [5.41, 5.74) is 15.8. The minimum Gasteiger partial charge on any atom is -0.307 e. The first-order valence-corrected chi connectivity index (χ1v) is 23.2. The molecule has 0 saturated heterocycles. The Kier molecular flexibility index (Phi) is 11.3. The number of hydrogen-bond acceptors (Lipinski definition) is 2. The average molecular weight is 887 g/mol. The third-order valence-corrected chi connectivity index (χ3v) is 13.0. The van der Waals surface area contributed by atoms with Crippen LogP contribution in [0.1, 0.15) is 33.2 Å². The highest BCUT2D eigenvalue weighted by Gasteiger charge is 2.42. The van der Waals surface area contributed by atoms with Crippen LogP contribution in [0.3, 0.4) is 0 Å². The van der Waals surface area contributed by atoms with Crippen LogP contribution in [0.5, 0.6) is 0 Å². The standard InChI is InChI=1S/C56H36N2O2.C9H10/c59-55-47-33-18-34-50(57-52-43(38-21-8-2-9-22-38)29-16-31-45(52)46-32-17-30-44(53(46)57)39-23-10-3-11-24-39)51(47)56(60)58(55)54-48(40-25-12-4-13-26-40)35-42(37-19-6-1-7-20-37)36-49(54)41-27-14-5-15-28-41;1-8(2)9-6-4-3-5-7-9/h1-36H;3-7H,1H2,2H3. The Morgan fingerprint density at radius 1 is 0.362 bits per heavy atom. The molecule has 1 aromatic heterocycles. The second-order valence-corrected chi connectivity index (χ2v) is 17.3. The fourth-order valence-electron chi connectivity index (χ4n) is 9.79. The van der Waals surface area contributed by atoms with Gasteiger partial charge in [-0.15, -0.1) is 0 Å². The topological polar surface area (TPSA) is 42.3 Å².